The number of pyridine rings is 1. The summed E-state index contributed by atoms with van der Waals surface area (Å²) in [5.74, 6) is -1.56. The minimum Gasteiger partial charge on any atom is -0.490 e. The number of hydrogen-bond donors (Lipinski definition) is 1. The van der Waals surface area contributed by atoms with E-state index in [1.54, 1.807) is 18.5 Å². The molecular weight excluding hydrogens is 492 g/mol. The smallest absolute Gasteiger partial charge is 0.202 e. The van der Waals surface area contributed by atoms with Crippen molar-refractivity contribution >= 4 is 5.82 Å². The van der Waals surface area contributed by atoms with Crippen LogP contribution in [-0.4, -0.2) is 67.1 Å². The van der Waals surface area contributed by atoms with Crippen LogP contribution in [0.5, 0.6) is 5.75 Å². The first-order valence-electron chi connectivity index (χ1n) is 12.6. The third-order valence-corrected chi connectivity index (χ3v) is 6.04. The van der Waals surface area contributed by atoms with E-state index in [-0.39, 0.29) is 29.7 Å². The zero-order valence-electron chi connectivity index (χ0n) is 22.1. The molecule has 0 spiro atoms. The first-order chi connectivity index (χ1) is 18.2. The lowest BCUT2D eigenvalue weighted by Crippen LogP contribution is -2.14. The monoisotopic (exact) mass is 525 g/mol. The Labute approximate surface area is 220 Å². The summed E-state index contributed by atoms with van der Waals surface area (Å²) in [4.78, 5) is 6.34. The molecule has 1 aromatic carbocycles. The van der Waals surface area contributed by atoms with Gasteiger partial charge in [0, 0.05) is 30.1 Å². The Morgan fingerprint density at radius 3 is 2.66 bits per heavy atom. The topological polar surface area (TPSA) is 113 Å². The Morgan fingerprint density at radius 2 is 1.89 bits per heavy atom. The number of rotatable bonds is 12. The largest absolute Gasteiger partial charge is 0.490 e. The van der Waals surface area contributed by atoms with Crippen molar-refractivity contribution in [3.05, 3.63) is 48.4 Å². The van der Waals surface area contributed by atoms with Crippen molar-refractivity contribution in [3.63, 3.8) is 0 Å². The number of hydrogen-bond acceptors (Lipinski definition) is 8. The summed E-state index contributed by atoms with van der Waals surface area (Å²) in [6.07, 6.45) is 7.91. The lowest BCUT2D eigenvalue weighted by molar-refractivity contribution is 0.276. The summed E-state index contributed by atoms with van der Waals surface area (Å²) in [6, 6.07) is 4.50. The molecule has 38 heavy (non-hydrogen) atoms. The molecule has 0 unspecified atom stereocenters. The minimum absolute atomic E-state index is 0.125. The second kappa shape index (κ2) is 12.1. The molecule has 10 nitrogen and oxygen atoms in total. The van der Waals surface area contributed by atoms with Crippen molar-refractivity contribution < 1.29 is 13.5 Å². The summed E-state index contributed by atoms with van der Waals surface area (Å²) in [6.45, 7) is 6.29. The molecule has 0 saturated heterocycles. The highest BCUT2D eigenvalue weighted by Gasteiger charge is 2.22. The lowest BCUT2D eigenvalue weighted by Gasteiger charge is -2.12. The second-order valence-corrected chi connectivity index (χ2v) is 9.82. The van der Waals surface area contributed by atoms with E-state index < -0.39 is 11.6 Å². The van der Waals surface area contributed by atoms with Gasteiger partial charge in [0.05, 0.1) is 18.4 Å². The van der Waals surface area contributed by atoms with Crippen LogP contribution in [0, 0.1) is 17.6 Å². The molecule has 4 aromatic rings. The maximum Gasteiger partial charge on any atom is 0.202 e. The summed E-state index contributed by atoms with van der Waals surface area (Å²) < 4.78 is 38.5. The zero-order chi connectivity index (χ0) is 27.2. The Bertz CT molecular complexity index is 1370. The van der Waals surface area contributed by atoms with E-state index in [4.69, 9.17) is 10.5 Å². The quantitative estimate of drug-likeness (QED) is 0.274. The first kappa shape index (κ1) is 27.1. The van der Waals surface area contributed by atoms with Gasteiger partial charge >= 0.3 is 0 Å². The molecular formula is C26H33F2N9O. The Morgan fingerprint density at radius 1 is 1.08 bits per heavy atom. The molecule has 3 aromatic heterocycles. The molecule has 202 valence electrons. The number of unbranched alkanes of at least 4 members (excludes halogenated alkanes) is 1. The Hall–Kier alpha value is -3.93. The number of aryl methyl sites for hydroxylation is 1. The predicted molar refractivity (Wildman–Crippen MR) is 141 cm³/mol. The van der Waals surface area contributed by atoms with Crippen molar-refractivity contribution in [2.45, 2.75) is 39.7 Å². The van der Waals surface area contributed by atoms with Gasteiger partial charge < -0.3 is 15.4 Å². The van der Waals surface area contributed by atoms with Gasteiger partial charge in [-0.15, -0.1) is 5.10 Å². The maximum absolute atomic E-state index is 15.1. The SMILES string of the molecule is CC(C)CCn1cc(-c2cnc(N)c(-c3nnnn3-c3ccc(OCCCCN(C)C)c(F)c3F)c2)cn1. The normalized spacial score (nSPS) is 11.6. The number of nitrogens with zero attached hydrogens (tertiary/aromatic N) is 8. The van der Waals surface area contributed by atoms with Gasteiger partial charge in [-0.3, -0.25) is 4.68 Å². The van der Waals surface area contributed by atoms with Gasteiger partial charge in [0.2, 0.25) is 5.82 Å². The molecule has 2 N–H and O–H groups in total. The van der Waals surface area contributed by atoms with Crippen LogP contribution in [-0.2, 0) is 6.54 Å². The highest BCUT2D eigenvalue weighted by Crippen LogP contribution is 2.31. The zero-order valence-corrected chi connectivity index (χ0v) is 22.1. The molecule has 0 saturated carbocycles. The average molecular weight is 526 g/mol. The number of aromatic nitrogens is 7. The summed E-state index contributed by atoms with van der Waals surface area (Å²) in [5.41, 5.74) is 7.93. The van der Waals surface area contributed by atoms with E-state index in [0.29, 0.717) is 11.5 Å². The molecule has 0 aliphatic heterocycles. The maximum atomic E-state index is 15.1. The number of tetrazole rings is 1. The van der Waals surface area contributed by atoms with Gasteiger partial charge in [0.1, 0.15) is 11.5 Å². The van der Waals surface area contributed by atoms with Crippen molar-refractivity contribution in [3.8, 4) is 34.0 Å². The van der Waals surface area contributed by atoms with E-state index in [1.165, 1.54) is 12.1 Å². The molecule has 0 radical (unpaired) electrons. The molecule has 12 heteroatoms. The van der Waals surface area contributed by atoms with Gasteiger partial charge in [-0.25, -0.2) is 9.37 Å². The predicted octanol–water partition coefficient (Wildman–Crippen LogP) is 4.21. The lowest BCUT2D eigenvalue weighted by atomic mass is 10.1. The minimum atomic E-state index is -1.13. The van der Waals surface area contributed by atoms with Crippen LogP contribution < -0.4 is 10.5 Å². The van der Waals surface area contributed by atoms with Crippen molar-refractivity contribution in [2.24, 2.45) is 5.92 Å². The first-order valence-corrected chi connectivity index (χ1v) is 12.6. The number of halogens is 2. The fraction of sp³-hybridized carbons (Fsp3) is 0.423. The van der Waals surface area contributed by atoms with Crippen LogP contribution in [0.1, 0.15) is 33.1 Å². The molecule has 0 aliphatic carbocycles. The van der Waals surface area contributed by atoms with E-state index in [0.717, 1.165) is 48.2 Å². The van der Waals surface area contributed by atoms with E-state index in [9.17, 15) is 4.39 Å². The van der Waals surface area contributed by atoms with Gasteiger partial charge in [-0.1, -0.05) is 13.8 Å². The van der Waals surface area contributed by atoms with Crippen LogP contribution in [0.4, 0.5) is 14.6 Å². The third kappa shape index (κ3) is 6.31. The highest BCUT2D eigenvalue weighted by molar-refractivity contribution is 5.76. The highest BCUT2D eigenvalue weighted by atomic mass is 19.2. The Kier molecular flexibility index (Phi) is 8.62. The van der Waals surface area contributed by atoms with E-state index in [2.05, 4.69) is 44.4 Å². The molecule has 0 aliphatic rings. The number of benzene rings is 1. The number of ether oxygens (including phenoxy) is 1. The number of nitrogen functional groups attached to an aromatic ring is 1. The van der Waals surface area contributed by atoms with Gasteiger partial charge in [0.25, 0.3) is 0 Å². The van der Waals surface area contributed by atoms with Crippen molar-refractivity contribution in [2.75, 3.05) is 33.0 Å². The van der Waals surface area contributed by atoms with Crippen LogP contribution >= 0.6 is 0 Å². The molecule has 4 rings (SSSR count). The fourth-order valence-corrected chi connectivity index (χ4v) is 3.86. The van der Waals surface area contributed by atoms with Crippen LogP contribution in [0.25, 0.3) is 28.2 Å². The average Bonchev–Trinajstić information content (AvgIpc) is 3.55. The third-order valence-electron chi connectivity index (χ3n) is 6.04. The molecule has 0 atom stereocenters. The van der Waals surface area contributed by atoms with Crippen molar-refractivity contribution in [1.29, 1.82) is 0 Å². The van der Waals surface area contributed by atoms with Crippen molar-refractivity contribution in [1.82, 2.24) is 39.9 Å². The molecule has 0 bridgehead atoms. The number of nitrogens with two attached hydrogens (primary N) is 1. The van der Waals surface area contributed by atoms with Gasteiger partial charge in [-0.2, -0.15) is 14.2 Å². The standard InChI is InChI=1S/C26H33F2N9O/c1-17(2)9-11-36-16-19(15-31-36)18-13-20(25(29)30-14-18)26-32-33-34-37(26)21-7-8-22(24(28)23(21)27)38-12-6-5-10-35(3)4/h7-8,13-17H,5-6,9-12H2,1-4H3,(H2,29,30). The summed E-state index contributed by atoms with van der Waals surface area (Å²) in [7, 11) is 3.95. The summed E-state index contributed by atoms with van der Waals surface area (Å²) >= 11 is 0. The van der Waals surface area contributed by atoms with Crippen LogP contribution in [0.3, 0.4) is 0 Å². The Balaban J connectivity index is 1.57. The fourth-order valence-electron chi connectivity index (χ4n) is 3.86. The van der Waals surface area contributed by atoms with Gasteiger partial charge in [0.15, 0.2) is 17.4 Å². The molecule has 0 amide bonds. The van der Waals surface area contributed by atoms with Gasteiger partial charge in [-0.05, 0) is 74.4 Å². The van der Waals surface area contributed by atoms with E-state index >= 15 is 4.39 Å². The van der Waals surface area contributed by atoms with E-state index in [1.807, 2.05) is 25.0 Å². The van der Waals surface area contributed by atoms with Crippen LogP contribution in [0.15, 0.2) is 36.8 Å². The van der Waals surface area contributed by atoms with Crippen LogP contribution in [0.2, 0.25) is 0 Å². The molecule has 3 heterocycles. The second-order valence-electron chi connectivity index (χ2n) is 9.82. The molecule has 0 fully saturated rings. The number of anilines is 1. The summed E-state index contributed by atoms with van der Waals surface area (Å²) in [5, 5.41) is 16.0.